The van der Waals surface area contributed by atoms with Crippen LogP contribution in [0.1, 0.15) is 30.2 Å². The molecule has 1 atom stereocenters. The minimum atomic E-state index is 0.0949. The molecule has 1 aromatic carbocycles. The van der Waals surface area contributed by atoms with E-state index in [0.29, 0.717) is 0 Å². The largest absolute Gasteiger partial charge is 0.508 e. The van der Waals surface area contributed by atoms with Crippen molar-refractivity contribution in [3.63, 3.8) is 0 Å². The van der Waals surface area contributed by atoms with Crippen molar-refractivity contribution in [2.45, 2.75) is 24.6 Å². The fourth-order valence-electron chi connectivity index (χ4n) is 1.21. The number of phenolic OH excluding ortho intramolecular Hbond substituents is 2. The van der Waals surface area contributed by atoms with Gasteiger partial charge < -0.3 is 10.2 Å². The van der Waals surface area contributed by atoms with Crippen LogP contribution in [0.2, 0.25) is 0 Å². The van der Waals surface area contributed by atoms with E-state index in [0.717, 1.165) is 18.4 Å². The Morgan fingerprint density at radius 3 is 2.62 bits per heavy atom. The van der Waals surface area contributed by atoms with Crippen molar-refractivity contribution < 1.29 is 10.2 Å². The first-order valence-electron chi connectivity index (χ1n) is 4.31. The molecule has 0 bridgehead atoms. The van der Waals surface area contributed by atoms with Gasteiger partial charge in [-0.05, 0) is 12.5 Å². The number of rotatable bonds is 3. The van der Waals surface area contributed by atoms with Crippen molar-refractivity contribution in [2.24, 2.45) is 0 Å². The first kappa shape index (κ1) is 10.4. The smallest absolute Gasteiger partial charge is 0.123 e. The Morgan fingerprint density at radius 2 is 2.08 bits per heavy atom. The van der Waals surface area contributed by atoms with Crippen LogP contribution >= 0.6 is 15.9 Å². The van der Waals surface area contributed by atoms with Gasteiger partial charge in [-0.15, -0.1) is 0 Å². The maximum absolute atomic E-state index is 9.50. The summed E-state index contributed by atoms with van der Waals surface area (Å²) in [5, 5.41) is 18.6. The lowest BCUT2D eigenvalue weighted by molar-refractivity contribution is 0.445. The van der Waals surface area contributed by atoms with Gasteiger partial charge in [-0.25, -0.2) is 0 Å². The Labute approximate surface area is 86.3 Å². The van der Waals surface area contributed by atoms with Crippen molar-refractivity contribution >= 4 is 15.9 Å². The molecule has 2 N–H and O–H groups in total. The van der Waals surface area contributed by atoms with E-state index in [9.17, 15) is 5.11 Å². The second-order valence-electron chi connectivity index (χ2n) is 3.00. The normalized spacial score (nSPS) is 12.8. The maximum Gasteiger partial charge on any atom is 0.123 e. The summed E-state index contributed by atoms with van der Waals surface area (Å²) < 4.78 is 0. The summed E-state index contributed by atoms with van der Waals surface area (Å²) >= 11 is 3.48. The quantitative estimate of drug-likeness (QED) is 0.802. The topological polar surface area (TPSA) is 40.5 Å². The van der Waals surface area contributed by atoms with Crippen LogP contribution in [-0.2, 0) is 0 Å². The fourth-order valence-corrected chi connectivity index (χ4v) is 2.05. The Balaban J connectivity index is 2.88. The molecule has 0 aliphatic heterocycles. The summed E-state index contributed by atoms with van der Waals surface area (Å²) in [7, 11) is 0. The predicted octanol–water partition coefficient (Wildman–Crippen LogP) is 3.33. The average Bonchev–Trinajstić information content (AvgIpc) is 2.04. The molecule has 1 unspecified atom stereocenters. The van der Waals surface area contributed by atoms with E-state index in [-0.39, 0.29) is 16.3 Å². The van der Waals surface area contributed by atoms with Gasteiger partial charge in [-0.3, -0.25) is 0 Å². The monoisotopic (exact) mass is 244 g/mol. The van der Waals surface area contributed by atoms with Gasteiger partial charge in [0.05, 0.1) is 0 Å². The lowest BCUT2D eigenvalue weighted by atomic mass is 10.1. The highest BCUT2D eigenvalue weighted by Crippen LogP contribution is 2.35. The van der Waals surface area contributed by atoms with Gasteiger partial charge in [0.15, 0.2) is 0 Å². The minimum Gasteiger partial charge on any atom is -0.508 e. The third-order valence-electron chi connectivity index (χ3n) is 1.89. The van der Waals surface area contributed by atoms with Gasteiger partial charge in [0.2, 0.25) is 0 Å². The summed E-state index contributed by atoms with van der Waals surface area (Å²) in [4.78, 5) is 0.165. The molecule has 0 fully saturated rings. The van der Waals surface area contributed by atoms with Gasteiger partial charge in [0.25, 0.3) is 0 Å². The van der Waals surface area contributed by atoms with Crippen LogP contribution in [0.25, 0.3) is 0 Å². The van der Waals surface area contributed by atoms with Gasteiger partial charge in [0.1, 0.15) is 11.5 Å². The Morgan fingerprint density at radius 1 is 1.38 bits per heavy atom. The molecule has 0 spiro atoms. The number of alkyl halides is 1. The second-order valence-corrected chi connectivity index (χ2v) is 4.10. The number of phenols is 2. The van der Waals surface area contributed by atoms with Crippen LogP contribution in [0, 0.1) is 0 Å². The molecule has 0 radical (unpaired) electrons. The Bertz CT molecular complexity index is 286. The molecule has 72 valence electrons. The molecule has 0 amide bonds. The molecular weight excluding hydrogens is 232 g/mol. The third kappa shape index (κ3) is 2.62. The van der Waals surface area contributed by atoms with E-state index < -0.39 is 0 Å². The lowest BCUT2D eigenvalue weighted by Gasteiger charge is -2.10. The van der Waals surface area contributed by atoms with Crippen molar-refractivity contribution in [1.29, 1.82) is 0 Å². The van der Waals surface area contributed by atoms with Crippen LogP contribution in [-0.4, -0.2) is 10.2 Å². The summed E-state index contributed by atoms with van der Waals surface area (Å²) in [6.45, 7) is 2.09. The van der Waals surface area contributed by atoms with E-state index in [1.165, 1.54) is 6.07 Å². The van der Waals surface area contributed by atoms with Crippen molar-refractivity contribution in [3.8, 4) is 11.5 Å². The van der Waals surface area contributed by atoms with Crippen LogP contribution in [0.4, 0.5) is 0 Å². The number of hydrogen-bond acceptors (Lipinski definition) is 2. The highest BCUT2D eigenvalue weighted by Gasteiger charge is 2.10. The molecule has 0 aliphatic rings. The van der Waals surface area contributed by atoms with Crippen LogP contribution in [0.15, 0.2) is 18.2 Å². The summed E-state index contributed by atoms with van der Waals surface area (Å²) in [5.74, 6) is 0.243. The summed E-state index contributed by atoms with van der Waals surface area (Å²) in [5.41, 5.74) is 0.833. The number of aromatic hydroxyl groups is 2. The Hall–Kier alpha value is -0.700. The van der Waals surface area contributed by atoms with Gasteiger partial charge in [0, 0.05) is 16.5 Å². The zero-order chi connectivity index (χ0) is 9.84. The van der Waals surface area contributed by atoms with E-state index in [1.807, 2.05) is 0 Å². The molecule has 1 rings (SSSR count). The molecule has 0 heterocycles. The lowest BCUT2D eigenvalue weighted by Crippen LogP contribution is -1.89. The molecule has 3 heteroatoms. The molecule has 0 saturated carbocycles. The van der Waals surface area contributed by atoms with Gasteiger partial charge in [-0.2, -0.15) is 0 Å². The average molecular weight is 245 g/mol. The summed E-state index contributed by atoms with van der Waals surface area (Å²) in [6, 6.07) is 4.68. The van der Waals surface area contributed by atoms with Crippen molar-refractivity contribution in [1.82, 2.24) is 0 Å². The summed E-state index contributed by atoms with van der Waals surface area (Å²) in [6.07, 6.45) is 2.02. The molecule has 13 heavy (non-hydrogen) atoms. The van der Waals surface area contributed by atoms with Gasteiger partial charge >= 0.3 is 0 Å². The molecular formula is C10H13BrO2. The third-order valence-corrected chi connectivity index (χ3v) is 2.84. The zero-order valence-electron chi connectivity index (χ0n) is 7.50. The highest BCUT2D eigenvalue weighted by molar-refractivity contribution is 9.09. The van der Waals surface area contributed by atoms with Crippen LogP contribution < -0.4 is 0 Å². The number of benzene rings is 1. The Kier molecular flexibility index (Phi) is 3.60. The predicted molar refractivity (Wildman–Crippen MR) is 56.3 cm³/mol. The fraction of sp³-hybridized carbons (Fsp3) is 0.400. The van der Waals surface area contributed by atoms with E-state index in [1.54, 1.807) is 12.1 Å². The number of halogens is 1. The molecule has 0 aromatic heterocycles. The van der Waals surface area contributed by atoms with Crippen molar-refractivity contribution in [2.75, 3.05) is 0 Å². The first-order chi connectivity index (χ1) is 6.15. The van der Waals surface area contributed by atoms with Crippen LogP contribution in [0.3, 0.4) is 0 Å². The maximum atomic E-state index is 9.50. The second kappa shape index (κ2) is 4.51. The number of hydrogen-bond donors (Lipinski definition) is 2. The van der Waals surface area contributed by atoms with Crippen molar-refractivity contribution in [3.05, 3.63) is 23.8 Å². The minimum absolute atomic E-state index is 0.0949. The van der Waals surface area contributed by atoms with Gasteiger partial charge in [-0.1, -0.05) is 35.3 Å². The van der Waals surface area contributed by atoms with E-state index >= 15 is 0 Å². The standard InChI is InChI=1S/C10H13BrO2/c1-2-3-9(11)8-5-4-7(12)6-10(8)13/h4-6,9,12-13H,2-3H2,1H3. The van der Waals surface area contributed by atoms with Crippen LogP contribution in [0.5, 0.6) is 11.5 Å². The zero-order valence-corrected chi connectivity index (χ0v) is 9.08. The van der Waals surface area contributed by atoms with E-state index in [2.05, 4.69) is 22.9 Å². The van der Waals surface area contributed by atoms with E-state index in [4.69, 9.17) is 5.11 Å². The highest BCUT2D eigenvalue weighted by atomic mass is 79.9. The molecule has 0 aliphatic carbocycles. The molecule has 2 nitrogen and oxygen atoms in total. The molecule has 0 saturated heterocycles. The first-order valence-corrected chi connectivity index (χ1v) is 5.22. The SMILES string of the molecule is CCCC(Br)c1ccc(O)cc1O. The molecule has 1 aromatic rings.